The van der Waals surface area contributed by atoms with E-state index in [2.05, 4.69) is 15.3 Å². The average Bonchev–Trinajstić information content (AvgIpc) is 2.68. The molecular weight excluding hydrogens is 374 g/mol. The first-order valence-corrected chi connectivity index (χ1v) is 9.32. The molecule has 0 bridgehead atoms. The maximum Gasteiger partial charge on any atom is 0.330 e. The Morgan fingerprint density at radius 3 is 2.57 bits per heavy atom. The molecule has 0 saturated heterocycles. The first-order valence-electron chi connectivity index (χ1n) is 8.94. The van der Waals surface area contributed by atoms with Crippen molar-refractivity contribution in [3.05, 3.63) is 70.4 Å². The zero-order valence-corrected chi connectivity index (χ0v) is 16.7. The Hall–Kier alpha value is -3.12. The molecule has 3 aromatic rings. The highest BCUT2D eigenvalue weighted by Gasteiger charge is 2.32. The predicted octanol–water partition coefficient (Wildman–Crippen LogP) is 5.07. The van der Waals surface area contributed by atoms with Crippen LogP contribution < -0.4 is 15.1 Å². The summed E-state index contributed by atoms with van der Waals surface area (Å²) in [5.74, 6) is 1.04. The minimum absolute atomic E-state index is 0.177. The molecular formula is C21H20ClN5O. The molecule has 1 aliphatic rings. The number of nitrogens with one attached hydrogen (secondary N) is 1. The summed E-state index contributed by atoms with van der Waals surface area (Å²) in [4.78, 5) is 25.2. The van der Waals surface area contributed by atoms with Crippen molar-refractivity contribution >= 4 is 40.8 Å². The van der Waals surface area contributed by atoms with Gasteiger partial charge < -0.3 is 5.32 Å². The predicted molar refractivity (Wildman–Crippen MR) is 113 cm³/mol. The van der Waals surface area contributed by atoms with E-state index in [4.69, 9.17) is 11.6 Å². The molecule has 1 aromatic heterocycles. The number of anilines is 4. The molecule has 1 aliphatic heterocycles. The van der Waals surface area contributed by atoms with Crippen LogP contribution in [0.3, 0.4) is 0 Å². The number of benzene rings is 2. The van der Waals surface area contributed by atoms with Crippen LogP contribution in [0.15, 0.2) is 48.7 Å². The van der Waals surface area contributed by atoms with Crippen LogP contribution in [0.4, 0.5) is 27.9 Å². The fourth-order valence-corrected chi connectivity index (χ4v) is 3.60. The highest BCUT2D eigenvalue weighted by molar-refractivity contribution is 6.34. The van der Waals surface area contributed by atoms with Gasteiger partial charge in [-0.05, 0) is 37.6 Å². The van der Waals surface area contributed by atoms with Crippen LogP contribution in [0.1, 0.15) is 16.7 Å². The minimum atomic E-state index is -0.177. The summed E-state index contributed by atoms with van der Waals surface area (Å²) in [6, 6.07) is 13.4. The third kappa shape index (κ3) is 3.27. The van der Waals surface area contributed by atoms with E-state index in [0.29, 0.717) is 29.0 Å². The summed E-state index contributed by atoms with van der Waals surface area (Å²) in [6.45, 7) is 4.34. The van der Waals surface area contributed by atoms with Crippen molar-refractivity contribution in [3.8, 4) is 0 Å². The van der Waals surface area contributed by atoms with Crippen molar-refractivity contribution in [2.75, 3.05) is 22.2 Å². The first-order chi connectivity index (χ1) is 13.4. The molecule has 1 N–H and O–H groups in total. The number of rotatable bonds is 3. The van der Waals surface area contributed by atoms with E-state index in [1.165, 1.54) is 10.5 Å². The Morgan fingerprint density at radius 1 is 1.11 bits per heavy atom. The molecule has 0 spiro atoms. The van der Waals surface area contributed by atoms with Crippen LogP contribution in [0, 0.1) is 13.8 Å². The highest BCUT2D eigenvalue weighted by Crippen LogP contribution is 2.35. The largest absolute Gasteiger partial charge is 0.330 e. The van der Waals surface area contributed by atoms with E-state index >= 15 is 0 Å². The average molecular weight is 394 g/mol. The van der Waals surface area contributed by atoms with Crippen LogP contribution in [-0.4, -0.2) is 23.0 Å². The Bertz CT molecular complexity index is 1030. The lowest BCUT2D eigenvalue weighted by Gasteiger charge is -2.35. The quantitative estimate of drug-likeness (QED) is 0.675. The van der Waals surface area contributed by atoms with Crippen molar-refractivity contribution in [3.63, 3.8) is 0 Å². The number of urea groups is 1. The number of halogens is 1. The summed E-state index contributed by atoms with van der Waals surface area (Å²) >= 11 is 6.38. The summed E-state index contributed by atoms with van der Waals surface area (Å²) in [5, 5.41) is 3.73. The van der Waals surface area contributed by atoms with Crippen molar-refractivity contribution in [2.24, 2.45) is 0 Å². The number of nitrogens with zero attached hydrogens (tertiary/aromatic N) is 4. The van der Waals surface area contributed by atoms with E-state index in [0.717, 1.165) is 16.8 Å². The summed E-state index contributed by atoms with van der Waals surface area (Å²) in [5.41, 5.74) is 4.58. The fraction of sp³-hybridized carbons (Fsp3) is 0.190. The standard InChI is InChI=1S/C21H20ClN5O/c1-13-7-9-16(10-8-13)24-20-23-11-15-12-27(21(28)26(3)19(15)25-20)18-14(2)5-4-6-17(18)22/h4-11H,12H2,1-3H3,(H,23,24,25). The van der Waals surface area contributed by atoms with Gasteiger partial charge in [0.2, 0.25) is 5.95 Å². The Labute approximate surface area is 168 Å². The van der Waals surface area contributed by atoms with Crippen LogP contribution in [0.2, 0.25) is 5.02 Å². The van der Waals surface area contributed by atoms with Gasteiger partial charge in [0.05, 0.1) is 17.3 Å². The van der Waals surface area contributed by atoms with Gasteiger partial charge in [0.15, 0.2) is 0 Å². The smallest absolute Gasteiger partial charge is 0.324 e. The molecule has 142 valence electrons. The van der Waals surface area contributed by atoms with Crippen molar-refractivity contribution in [1.82, 2.24) is 9.97 Å². The van der Waals surface area contributed by atoms with Crippen LogP contribution in [0.25, 0.3) is 0 Å². The summed E-state index contributed by atoms with van der Waals surface area (Å²) in [7, 11) is 1.71. The summed E-state index contributed by atoms with van der Waals surface area (Å²) in [6.07, 6.45) is 1.75. The van der Waals surface area contributed by atoms with Gasteiger partial charge >= 0.3 is 6.03 Å². The SMILES string of the molecule is Cc1ccc(Nc2ncc3c(n2)N(C)C(=O)N(c2c(C)cccc2Cl)C3)cc1. The molecule has 0 atom stereocenters. The lowest BCUT2D eigenvalue weighted by Crippen LogP contribution is -2.46. The number of carbonyl (C=O) groups is 1. The number of para-hydroxylation sites is 1. The first kappa shape index (κ1) is 18.3. The van der Waals surface area contributed by atoms with Crippen LogP contribution in [0.5, 0.6) is 0 Å². The normalized spacial score (nSPS) is 13.5. The van der Waals surface area contributed by atoms with E-state index in [1.807, 2.05) is 50.2 Å². The fourth-order valence-electron chi connectivity index (χ4n) is 3.28. The summed E-state index contributed by atoms with van der Waals surface area (Å²) < 4.78 is 0. The van der Waals surface area contributed by atoms with Gasteiger partial charge in [0.25, 0.3) is 0 Å². The molecule has 0 radical (unpaired) electrons. The van der Waals surface area contributed by atoms with Crippen LogP contribution in [-0.2, 0) is 6.54 Å². The molecule has 6 nitrogen and oxygen atoms in total. The Kier molecular flexibility index (Phi) is 4.65. The molecule has 28 heavy (non-hydrogen) atoms. The molecule has 2 heterocycles. The third-order valence-electron chi connectivity index (χ3n) is 4.77. The van der Waals surface area contributed by atoms with E-state index in [1.54, 1.807) is 24.2 Å². The second-order valence-electron chi connectivity index (χ2n) is 6.87. The minimum Gasteiger partial charge on any atom is -0.324 e. The molecule has 0 saturated carbocycles. The molecule has 4 rings (SSSR count). The molecule has 0 fully saturated rings. The zero-order valence-electron chi connectivity index (χ0n) is 15.9. The molecule has 2 aromatic carbocycles. The molecule has 7 heteroatoms. The van der Waals surface area contributed by atoms with E-state index < -0.39 is 0 Å². The number of aromatic nitrogens is 2. The van der Waals surface area contributed by atoms with Crippen molar-refractivity contribution in [1.29, 1.82) is 0 Å². The van der Waals surface area contributed by atoms with Crippen molar-refractivity contribution < 1.29 is 4.79 Å². The lowest BCUT2D eigenvalue weighted by molar-refractivity contribution is 0.251. The number of amides is 2. The van der Waals surface area contributed by atoms with Gasteiger partial charge in [-0.25, -0.2) is 9.78 Å². The van der Waals surface area contributed by atoms with E-state index in [-0.39, 0.29) is 6.03 Å². The molecule has 2 amide bonds. The zero-order chi connectivity index (χ0) is 19.8. The number of hydrogen-bond acceptors (Lipinski definition) is 4. The maximum absolute atomic E-state index is 13.0. The number of aryl methyl sites for hydroxylation is 2. The third-order valence-corrected chi connectivity index (χ3v) is 5.08. The monoisotopic (exact) mass is 393 g/mol. The second kappa shape index (κ2) is 7.13. The second-order valence-corrected chi connectivity index (χ2v) is 7.27. The molecule has 0 unspecified atom stereocenters. The van der Waals surface area contributed by atoms with Gasteiger partial charge in [-0.15, -0.1) is 0 Å². The Morgan fingerprint density at radius 2 is 1.86 bits per heavy atom. The maximum atomic E-state index is 13.0. The topological polar surface area (TPSA) is 61.4 Å². The van der Waals surface area contributed by atoms with Crippen molar-refractivity contribution in [2.45, 2.75) is 20.4 Å². The van der Waals surface area contributed by atoms with Gasteiger partial charge in [0, 0.05) is 24.5 Å². The highest BCUT2D eigenvalue weighted by atomic mass is 35.5. The van der Waals surface area contributed by atoms with Gasteiger partial charge in [-0.1, -0.05) is 41.4 Å². The van der Waals surface area contributed by atoms with Gasteiger partial charge in [-0.3, -0.25) is 9.80 Å². The Balaban J connectivity index is 1.66. The lowest BCUT2D eigenvalue weighted by atomic mass is 10.1. The number of carbonyl (C=O) groups excluding carboxylic acids is 1. The van der Waals surface area contributed by atoms with Gasteiger partial charge in [0.1, 0.15) is 5.82 Å². The van der Waals surface area contributed by atoms with Gasteiger partial charge in [-0.2, -0.15) is 4.98 Å². The molecule has 0 aliphatic carbocycles. The number of hydrogen-bond donors (Lipinski definition) is 1. The van der Waals surface area contributed by atoms with E-state index in [9.17, 15) is 4.79 Å². The van der Waals surface area contributed by atoms with Crippen LogP contribution >= 0.6 is 11.6 Å². The number of fused-ring (bicyclic) bond motifs is 1.